The first-order chi connectivity index (χ1) is 9.54. The summed E-state index contributed by atoms with van der Waals surface area (Å²) in [5, 5.41) is 20.6. The Morgan fingerprint density at radius 2 is 2.05 bits per heavy atom. The Hall–Kier alpha value is -3.09. The molecule has 0 spiro atoms. The Labute approximate surface area is 112 Å². The molecule has 0 bridgehead atoms. The van der Waals surface area contributed by atoms with E-state index < -0.39 is 4.92 Å². The van der Waals surface area contributed by atoms with Crippen LogP contribution in [0.1, 0.15) is 0 Å². The fourth-order valence-corrected chi connectivity index (χ4v) is 1.99. The second-order valence-electron chi connectivity index (χ2n) is 4.32. The lowest BCUT2D eigenvalue weighted by Crippen LogP contribution is -1.86. The smallest absolute Gasteiger partial charge is 0.271 e. The molecule has 1 aromatic heterocycles. The molecule has 0 aliphatic heterocycles. The van der Waals surface area contributed by atoms with Gasteiger partial charge in [-0.2, -0.15) is 0 Å². The Bertz CT molecular complexity index is 826. The summed E-state index contributed by atoms with van der Waals surface area (Å²) in [7, 11) is 0. The van der Waals surface area contributed by atoms with Crippen molar-refractivity contribution in [3.63, 3.8) is 0 Å². The van der Waals surface area contributed by atoms with Crippen molar-refractivity contribution in [3.05, 3.63) is 46.5 Å². The number of phenols is 1. The van der Waals surface area contributed by atoms with Crippen molar-refractivity contribution >= 4 is 22.4 Å². The van der Waals surface area contributed by atoms with Crippen LogP contribution in [0.25, 0.3) is 22.4 Å². The average molecular weight is 270 g/mol. The molecular formula is C13H10N4O3. The van der Waals surface area contributed by atoms with Gasteiger partial charge in [0.15, 0.2) is 0 Å². The maximum absolute atomic E-state index is 10.7. The number of anilines is 1. The van der Waals surface area contributed by atoms with Crippen LogP contribution in [-0.2, 0) is 0 Å². The topological polar surface area (TPSA) is 118 Å². The van der Waals surface area contributed by atoms with Gasteiger partial charge in [-0.25, -0.2) is 4.98 Å². The molecular weight excluding hydrogens is 260 g/mol. The number of nitrogens with two attached hydrogens (primary N) is 1. The van der Waals surface area contributed by atoms with E-state index in [1.165, 1.54) is 18.2 Å². The van der Waals surface area contributed by atoms with E-state index >= 15 is 0 Å². The Morgan fingerprint density at radius 1 is 1.25 bits per heavy atom. The zero-order valence-corrected chi connectivity index (χ0v) is 10.2. The van der Waals surface area contributed by atoms with E-state index in [0.29, 0.717) is 28.1 Å². The number of nitro benzene ring substituents is 1. The van der Waals surface area contributed by atoms with Crippen LogP contribution >= 0.6 is 0 Å². The first kappa shape index (κ1) is 12.0. The number of nitrogen functional groups attached to an aromatic ring is 1. The lowest BCUT2D eigenvalue weighted by Gasteiger charge is -2.01. The number of nitrogens with one attached hydrogen (secondary N) is 1. The van der Waals surface area contributed by atoms with Gasteiger partial charge in [0.05, 0.1) is 21.5 Å². The van der Waals surface area contributed by atoms with Crippen LogP contribution in [0.4, 0.5) is 11.4 Å². The summed E-state index contributed by atoms with van der Waals surface area (Å²) >= 11 is 0. The molecule has 4 N–H and O–H groups in total. The number of non-ortho nitro benzene ring substituents is 1. The van der Waals surface area contributed by atoms with Gasteiger partial charge < -0.3 is 15.8 Å². The highest BCUT2D eigenvalue weighted by molar-refractivity contribution is 5.82. The standard InChI is InChI=1S/C13H10N4O3/c14-7-1-3-9(12(18)5-7)13-15-10-4-2-8(17(19)20)6-11(10)16-13/h1-6,18H,14H2,(H,15,16). The molecule has 3 rings (SSSR count). The Kier molecular flexibility index (Phi) is 2.53. The van der Waals surface area contributed by atoms with Crippen molar-refractivity contribution in [3.8, 4) is 17.1 Å². The number of imidazole rings is 1. The maximum Gasteiger partial charge on any atom is 0.271 e. The largest absolute Gasteiger partial charge is 0.507 e. The van der Waals surface area contributed by atoms with E-state index in [1.807, 2.05) is 0 Å². The molecule has 0 saturated carbocycles. The lowest BCUT2D eigenvalue weighted by molar-refractivity contribution is -0.384. The zero-order chi connectivity index (χ0) is 14.3. The molecule has 100 valence electrons. The number of benzene rings is 2. The quantitative estimate of drug-likeness (QED) is 0.375. The highest BCUT2D eigenvalue weighted by Crippen LogP contribution is 2.30. The first-order valence-corrected chi connectivity index (χ1v) is 5.77. The molecule has 0 amide bonds. The number of nitrogens with zero attached hydrogens (tertiary/aromatic N) is 2. The Balaban J connectivity index is 2.15. The molecule has 0 unspecified atom stereocenters. The van der Waals surface area contributed by atoms with Gasteiger partial charge in [0.2, 0.25) is 0 Å². The molecule has 0 atom stereocenters. The minimum atomic E-state index is -0.472. The van der Waals surface area contributed by atoms with Gasteiger partial charge in [-0.15, -0.1) is 0 Å². The number of fused-ring (bicyclic) bond motifs is 1. The predicted octanol–water partition coefficient (Wildman–Crippen LogP) is 2.43. The third kappa shape index (κ3) is 1.91. The fourth-order valence-electron chi connectivity index (χ4n) is 1.99. The number of hydrogen-bond acceptors (Lipinski definition) is 5. The highest BCUT2D eigenvalue weighted by Gasteiger charge is 2.12. The van der Waals surface area contributed by atoms with Gasteiger partial charge in [0.25, 0.3) is 5.69 Å². The van der Waals surface area contributed by atoms with Crippen LogP contribution in [0.5, 0.6) is 5.75 Å². The minimum absolute atomic E-state index is 0.00134. The van der Waals surface area contributed by atoms with Gasteiger partial charge in [-0.1, -0.05) is 0 Å². The summed E-state index contributed by atoms with van der Waals surface area (Å²) < 4.78 is 0. The summed E-state index contributed by atoms with van der Waals surface area (Å²) in [6, 6.07) is 9.05. The van der Waals surface area contributed by atoms with Crippen LogP contribution in [0.15, 0.2) is 36.4 Å². The molecule has 0 aliphatic carbocycles. The van der Waals surface area contributed by atoms with E-state index in [1.54, 1.807) is 18.2 Å². The van der Waals surface area contributed by atoms with Crippen molar-refractivity contribution in [2.45, 2.75) is 0 Å². The fraction of sp³-hybridized carbons (Fsp3) is 0. The third-order valence-corrected chi connectivity index (χ3v) is 2.95. The van der Waals surface area contributed by atoms with E-state index in [4.69, 9.17) is 5.73 Å². The van der Waals surface area contributed by atoms with E-state index in [9.17, 15) is 15.2 Å². The summed E-state index contributed by atoms with van der Waals surface area (Å²) in [6.07, 6.45) is 0. The molecule has 0 radical (unpaired) electrons. The van der Waals surface area contributed by atoms with Gasteiger partial charge in [-0.3, -0.25) is 10.1 Å². The monoisotopic (exact) mass is 270 g/mol. The van der Waals surface area contributed by atoms with Crippen molar-refractivity contribution in [2.75, 3.05) is 5.73 Å². The molecule has 2 aromatic carbocycles. The number of rotatable bonds is 2. The average Bonchev–Trinajstić information content (AvgIpc) is 2.80. The van der Waals surface area contributed by atoms with Crippen LogP contribution in [0.2, 0.25) is 0 Å². The van der Waals surface area contributed by atoms with Crippen molar-refractivity contribution in [1.82, 2.24) is 9.97 Å². The molecule has 20 heavy (non-hydrogen) atoms. The van der Waals surface area contributed by atoms with Crippen molar-refractivity contribution < 1.29 is 10.0 Å². The van der Waals surface area contributed by atoms with Gasteiger partial charge in [0, 0.05) is 23.9 Å². The Morgan fingerprint density at radius 3 is 2.75 bits per heavy atom. The number of aromatic amines is 1. The number of nitro groups is 1. The number of hydrogen-bond donors (Lipinski definition) is 3. The van der Waals surface area contributed by atoms with Gasteiger partial charge in [-0.05, 0) is 18.2 Å². The second kappa shape index (κ2) is 4.23. The normalized spacial score (nSPS) is 10.8. The van der Waals surface area contributed by atoms with Crippen LogP contribution in [0, 0.1) is 10.1 Å². The van der Waals surface area contributed by atoms with Gasteiger partial charge in [0.1, 0.15) is 11.6 Å². The van der Waals surface area contributed by atoms with E-state index in [2.05, 4.69) is 9.97 Å². The molecule has 7 heteroatoms. The van der Waals surface area contributed by atoms with Gasteiger partial charge >= 0.3 is 0 Å². The maximum atomic E-state index is 10.7. The molecule has 7 nitrogen and oxygen atoms in total. The van der Waals surface area contributed by atoms with E-state index in [-0.39, 0.29) is 11.4 Å². The zero-order valence-electron chi connectivity index (χ0n) is 10.2. The van der Waals surface area contributed by atoms with Crippen molar-refractivity contribution in [2.24, 2.45) is 0 Å². The number of aromatic nitrogens is 2. The summed E-state index contributed by atoms with van der Waals surface area (Å²) in [4.78, 5) is 17.5. The minimum Gasteiger partial charge on any atom is -0.507 e. The van der Waals surface area contributed by atoms with E-state index in [0.717, 1.165) is 0 Å². The molecule has 1 heterocycles. The van der Waals surface area contributed by atoms with Crippen LogP contribution in [0.3, 0.4) is 0 Å². The molecule has 0 fully saturated rings. The number of phenolic OH excluding ortho intramolecular Hbond substituents is 1. The van der Waals surface area contributed by atoms with Crippen LogP contribution in [-0.4, -0.2) is 20.0 Å². The number of H-pyrrole nitrogens is 1. The summed E-state index contributed by atoms with van der Waals surface area (Å²) in [5.41, 5.74) is 7.59. The molecule has 0 saturated heterocycles. The lowest BCUT2D eigenvalue weighted by atomic mass is 10.2. The summed E-state index contributed by atoms with van der Waals surface area (Å²) in [6.45, 7) is 0. The van der Waals surface area contributed by atoms with Crippen molar-refractivity contribution in [1.29, 1.82) is 0 Å². The molecule has 3 aromatic rings. The SMILES string of the molecule is Nc1ccc(-c2nc3ccc([N+](=O)[O-])cc3[nH]2)c(O)c1. The third-order valence-electron chi connectivity index (χ3n) is 2.95. The first-order valence-electron chi connectivity index (χ1n) is 5.77. The summed E-state index contributed by atoms with van der Waals surface area (Å²) in [5.74, 6) is 0.427. The number of aromatic hydroxyl groups is 1. The van der Waals surface area contributed by atoms with Crippen LogP contribution < -0.4 is 5.73 Å². The molecule has 0 aliphatic rings. The second-order valence-corrected chi connectivity index (χ2v) is 4.32. The highest BCUT2D eigenvalue weighted by atomic mass is 16.6. The predicted molar refractivity (Wildman–Crippen MR) is 74.3 cm³/mol.